The van der Waals surface area contributed by atoms with Gasteiger partial charge in [-0.05, 0) is 37.2 Å². The predicted octanol–water partition coefficient (Wildman–Crippen LogP) is 4.50. The second kappa shape index (κ2) is 7.55. The summed E-state index contributed by atoms with van der Waals surface area (Å²) >= 11 is 0. The van der Waals surface area contributed by atoms with Gasteiger partial charge in [-0.25, -0.2) is 4.98 Å². The van der Waals surface area contributed by atoms with Crippen molar-refractivity contribution in [2.24, 2.45) is 0 Å². The van der Waals surface area contributed by atoms with Gasteiger partial charge in [0.25, 0.3) is 11.6 Å². The van der Waals surface area contributed by atoms with Crippen LogP contribution in [0.1, 0.15) is 45.1 Å². The maximum Gasteiger partial charge on any atom is 0.283 e. The number of fused-ring (bicyclic) bond motifs is 1. The Labute approximate surface area is 162 Å². The van der Waals surface area contributed by atoms with Gasteiger partial charge in [0.1, 0.15) is 5.76 Å². The zero-order chi connectivity index (χ0) is 19.7. The Morgan fingerprint density at radius 1 is 1.04 bits per heavy atom. The van der Waals surface area contributed by atoms with Crippen LogP contribution in [0.4, 0.5) is 0 Å². The van der Waals surface area contributed by atoms with E-state index in [0.717, 1.165) is 36.5 Å². The summed E-state index contributed by atoms with van der Waals surface area (Å²) in [6.07, 6.45) is 1.64. The normalized spacial score (nSPS) is 11.9. The maximum absolute atomic E-state index is 5.88. The Kier molecular flexibility index (Phi) is 4.95. The molecule has 4 aromatic rings. The van der Waals surface area contributed by atoms with Crippen molar-refractivity contribution < 1.29 is 13.4 Å². The molecule has 0 atom stereocenters. The summed E-state index contributed by atoms with van der Waals surface area (Å²) in [6.45, 7) is 11.1. The molecule has 0 amide bonds. The van der Waals surface area contributed by atoms with Gasteiger partial charge in [-0.1, -0.05) is 32.9 Å². The summed E-state index contributed by atoms with van der Waals surface area (Å²) in [7, 11) is 0. The van der Waals surface area contributed by atoms with E-state index < -0.39 is 0 Å². The molecule has 0 aliphatic heterocycles. The van der Waals surface area contributed by atoms with Crippen molar-refractivity contribution in [3.63, 3.8) is 0 Å². The van der Waals surface area contributed by atoms with Crippen LogP contribution in [0.2, 0.25) is 0 Å². The summed E-state index contributed by atoms with van der Waals surface area (Å²) in [5, 5.41) is 13.2. The van der Waals surface area contributed by atoms with Crippen LogP contribution in [-0.4, -0.2) is 38.3 Å². The van der Waals surface area contributed by atoms with E-state index in [2.05, 4.69) is 52.9 Å². The van der Waals surface area contributed by atoms with Crippen LogP contribution in [0.3, 0.4) is 0 Å². The molecule has 0 spiro atoms. The molecule has 0 unspecified atom stereocenters. The van der Waals surface area contributed by atoms with Gasteiger partial charge in [0, 0.05) is 6.20 Å². The Balaban J connectivity index is 1.60. The van der Waals surface area contributed by atoms with Crippen molar-refractivity contribution in [3.8, 4) is 23.1 Å². The lowest BCUT2D eigenvalue weighted by molar-refractivity contribution is 0.269. The first kappa shape index (κ1) is 18.4. The number of hydrogen-bond donors (Lipinski definition) is 0. The Bertz CT molecular complexity index is 1070. The van der Waals surface area contributed by atoms with Crippen molar-refractivity contribution >= 4 is 11.1 Å². The van der Waals surface area contributed by atoms with Crippen molar-refractivity contribution in [1.29, 1.82) is 0 Å². The molecular weight excluding hydrogens is 358 g/mol. The minimum absolute atomic E-state index is 0.226. The lowest BCUT2D eigenvalue weighted by atomic mass is 10.1. The van der Waals surface area contributed by atoms with Crippen molar-refractivity contribution in [2.45, 2.75) is 40.2 Å². The number of nitrogens with zero attached hydrogens (tertiary/aromatic N) is 5. The monoisotopic (exact) mass is 381 g/mol. The summed E-state index contributed by atoms with van der Waals surface area (Å²) < 4.78 is 17.0. The van der Waals surface area contributed by atoms with E-state index in [-0.39, 0.29) is 5.92 Å². The SMILES string of the molecule is CCN(CC)Cc1ccc(-c2nnc(-c3cnc4onc(C(C)C)c4c3)o2)o1. The number of pyridine rings is 1. The molecule has 0 fully saturated rings. The van der Waals surface area contributed by atoms with Gasteiger partial charge in [0.05, 0.1) is 23.2 Å². The molecule has 8 heteroatoms. The molecule has 28 heavy (non-hydrogen) atoms. The first-order valence-corrected chi connectivity index (χ1v) is 9.49. The summed E-state index contributed by atoms with van der Waals surface area (Å²) in [5.74, 6) is 2.37. The minimum atomic E-state index is 0.226. The molecule has 4 aromatic heterocycles. The number of hydrogen-bond acceptors (Lipinski definition) is 8. The van der Waals surface area contributed by atoms with Crippen LogP contribution in [-0.2, 0) is 6.54 Å². The summed E-state index contributed by atoms with van der Waals surface area (Å²) in [6, 6.07) is 5.71. The van der Waals surface area contributed by atoms with E-state index >= 15 is 0 Å². The highest BCUT2D eigenvalue weighted by Crippen LogP contribution is 2.29. The highest BCUT2D eigenvalue weighted by Gasteiger charge is 2.18. The largest absolute Gasteiger partial charge is 0.455 e. The molecule has 0 aromatic carbocycles. The molecule has 0 aliphatic carbocycles. The third-order valence-corrected chi connectivity index (χ3v) is 4.72. The molecular formula is C20H23N5O3. The Morgan fingerprint density at radius 2 is 1.82 bits per heavy atom. The molecule has 0 radical (unpaired) electrons. The molecule has 0 aliphatic rings. The lowest BCUT2D eigenvalue weighted by Crippen LogP contribution is -2.21. The van der Waals surface area contributed by atoms with E-state index in [4.69, 9.17) is 13.4 Å². The quantitative estimate of drug-likeness (QED) is 0.462. The number of aromatic nitrogens is 4. The summed E-state index contributed by atoms with van der Waals surface area (Å²) in [4.78, 5) is 6.58. The first-order chi connectivity index (χ1) is 13.6. The predicted molar refractivity (Wildman–Crippen MR) is 104 cm³/mol. The van der Waals surface area contributed by atoms with Crippen molar-refractivity contribution in [1.82, 2.24) is 25.2 Å². The fraction of sp³-hybridized carbons (Fsp3) is 0.400. The average molecular weight is 381 g/mol. The minimum Gasteiger partial charge on any atom is -0.455 e. The number of furan rings is 1. The van der Waals surface area contributed by atoms with Crippen LogP contribution < -0.4 is 0 Å². The van der Waals surface area contributed by atoms with E-state index in [0.29, 0.717) is 28.8 Å². The van der Waals surface area contributed by atoms with Gasteiger partial charge in [-0.15, -0.1) is 10.2 Å². The van der Waals surface area contributed by atoms with Crippen LogP contribution >= 0.6 is 0 Å². The maximum atomic E-state index is 5.88. The average Bonchev–Trinajstić information content (AvgIpc) is 3.44. The molecule has 0 saturated heterocycles. The highest BCUT2D eigenvalue weighted by atomic mass is 16.5. The van der Waals surface area contributed by atoms with E-state index in [1.165, 1.54) is 0 Å². The number of rotatable bonds is 7. The van der Waals surface area contributed by atoms with Gasteiger partial charge in [-0.3, -0.25) is 4.90 Å². The molecule has 0 bridgehead atoms. The molecule has 146 valence electrons. The zero-order valence-corrected chi connectivity index (χ0v) is 16.5. The fourth-order valence-corrected chi connectivity index (χ4v) is 3.07. The zero-order valence-electron chi connectivity index (χ0n) is 16.5. The van der Waals surface area contributed by atoms with E-state index in [1.54, 1.807) is 6.20 Å². The summed E-state index contributed by atoms with van der Waals surface area (Å²) in [5.41, 5.74) is 2.07. The van der Waals surface area contributed by atoms with Gasteiger partial charge in [0.15, 0.2) is 5.76 Å². The molecule has 8 nitrogen and oxygen atoms in total. The second-order valence-electron chi connectivity index (χ2n) is 6.94. The van der Waals surface area contributed by atoms with E-state index in [9.17, 15) is 0 Å². The van der Waals surface area contributed by atoms with Gasteiger partial charge < -0.3 is 13.4 Å². The highest BCUT2D eigenvalue weighted by molar-refractivity contribution is 5.80. The van der Waals surface area contributed by atoms with Crippen LogP contribution in [0.5, 0.6) is 0 Å². The molecule has 4 rings (SSSR count). The third kappa shape index (κ3) is 3.43. The molecule has 4 heterocycles. The first-order valence-electron chi connectivity index (χ1n) is 9.49. The standard InChI is InChI=1S/C20H23N5O3/c1-5-25(6-2)11-14-7-8-16(26-14)20-23-22-18(27-20)13-9-15-17(12(3)4)24-28-19(15)21-10-13/h7-10,12H,5-6,11H2,1-4H3. The Morgan fingerprint density at radius 3 is 2.57 bits per heavy atom. The smallest absolute Gasteiger partial charge is 0.283 e. The fourth-order valence-electron chi connectivity index (χ4n) is 3.07. The van der Waals surface area contributed by atoms with Crippen LogP contribution in [0.15, 0.2) is 37.8 Å². The van der Waals surface area contributed by atoms with Crippen molar-refractivity contribution in [2.75, 3.05) is 13.1 Å². The van der Waals surface area contributed by atoms with Gasteiger partial charge in [0.2, 0.25) is 5.89 Å². The Hall–Kier alpha value is -3.00. The van der Waals surface area contributed by atoms with Crippen LogP contribution in [0, 0.1) is 0 Å². The lowest BCUT2D eigenvalue weighted by Gasteiger charge is -2.15. The van der Waals surface area contributed by atoms with Crippen molar-refractivity contribution in [3.05, 3.63) is 35.9 Å². The second-order valence-corrected chi connectivity index (χ2v) is 6.94. The van der Waals surface area contributed by atoms with Gasteiger partial charge in [-0.2, -0.15) is 0 Å². The van der Waals surface area contributed by atoms with E-state index in [1.807, 2.05) is 18.2 Å². The van der Waals surface area contributed by atoms with Gasteiger partial charge >= 0.3 is 0 Å². The van der Waals surface area contributed by atoms with Crippen LogP contribution in [0.25, 0.3) is 34.2 Å². The topological polar surface area (TPSA) is 94.2 Å². The molecule has 0 N–H and O–H groups in total. The molecule has 0 saturated carbocycles. The third-order valence-electron chi connectivity index (χ3n) is 4.72.